The van der Waals surface area contributed by atoms with Gasteiger partial charge in [0.2, 0.25) is 29.5 Å². The second kappa shape index (κ2) is 15.0. The number of rotatable bonds is 13. The normalized spacial score (nSPS) is 14.8. The number of nitrogens with one attached hydrogen (secondary N) is 4. The van der Waals surface area contributed by atoms with Gasteiger partial charge in [0.05, 0.1) is 6.04 Å². The average Bonchev–Trinajstić information content (AvgIpc) is 3.43. The molecule has 0 aliphatic carbocycles. The molecule has 11 heteroatoms. The second-order valence-electron chi connectivity index (χ2n) is 11.8. The molecule has 3 aromatic rings. The molecular formula is C33H45N5O6. The summed E-state index contributed by atoms with van der Waals surface area (Å²) in [5, 5.41) is 21.9. The molecule has 0 bridgehead atoms. The molecule has 1 heterocycles. The zero-order valence-electron chi connectivity index (χ0n) is 26.8. The van der Waals surface area contributed by atoms with Crippen LogP contribution < -0.4 is 21.3 Å². The highest BCUT2D eigenvalue weighted by Crippen LogP contribution is 2.27. The summed E-state index contributed by atoms with van der Waals surface area (Å²) in [6.45, 7) is 14.0. The summed E-state index contributed by atoms with van der Waals surface area (Å²) in [5.41, 5.74) is 4.96. The minimum Gasteiger partial charge on any atom is -0.437 e. The van der Waals surface area contributed by atoms with Gasteiger partial charge in [0.25, 0.3) is 0 Å². The summed E-state index contributed by atoms with van der Waals surface area (Å²) in [4.78, 5) is 56.0. The highest BCUT2D eigenvalue weighted by atomic mass is 16.4. The minimum atomic E-state index is -1.21. The number of nitrogens with zero attached hydrogens (tertiary/aromatic N) is 1. The van der Waals surface area contributed by atoms with Gasteiger partial charge in [-0.25, -0.2) is 4.98 Å². The van der Waals surface area contributed by atoms with E-state index in [-0.39, 0.29) is 24.1 Å². The molecule has 1 unspecified atom stereocenters. The average molecular weight is 608 g/mol. The molecule has 0 aliphatic rings. The van der Waals surface area contributed by atoms with E-state index in [9.17, 15) is 24.3 Å². The lowest BCUT2D eigenvalue weighted by Gasteiger charge is -2.27. The molecule has 1 aromatic heterocycles. The molecule has 238 valence electrons. The van der Waals surface area contributed by atoms with Gasteiger partial charge in [-0.1, -0.05) is 62.7 Å². The number of aromatic nitrogens is 1. The maximum Gasteiger partial charge on any atom is 0.243 e. The van der Waals surface area contributed by atoms with Crippen LogP contribution in [0, 0.1) is 26.7 Å². The van der Waals surface area contributed by atoms with E-state index in [1.165, 1.54) is 13.8 Å². The summed E-state index contributed by atoms with van der Waals surface area (Å²) >= 11 is 0. The van der Waals surface area contributed by atoms with Crippen LogP contribution >= 0.6 is 0 Å². The SMILES string of the molecule is CC[C@@H](NC(=O)[C@H](C)NC(=O)[C@H](NC(=O)[C@H](Cc1ccc(C)cc1)NC(C)=O)C(C)C)C(O)c1nc2c(C)ccc(C)c2o1. The zero-order valence-corrected chi connectivity index (χ0v) is 26.8. The van der Waals surface area contributed by atoms with E-state index in [0.29, 0.717) is 17.5 Å². The molecule has 0 spiro atoms. The first kappa shape index (κ1) is 34.2. The van der Waals surface area contributed by atoms with Gasteiger partial charge in [-0.2, -0.15) is 0 Å². The Balaban J connectivity index is 1.66. The fraction of sp³-hybridized carbons (Fsp3) is 0.485. The van der Waals surface area contributed by atoms with Crippen molar-refractivity contribution < 1.29 is 28.7 Å². The summed E-state index contributed by atoms with van der Waals surface area (Å²) in [6, 6.07) is 7.90. The summed E-state index contributed by atoms with van der Waals surface area (Å²) in [5.74, 6) is -2.16. The van der Waals surface area contributed by atoms with E-state index in [1.807, 2.05) is 64.1 Å². The quantitative estimate of drug-likeness (QED) is 0.199. The summed E-state index contributed by atoms with van der Waals surface area (Å²) < 4.78 is 5.86. The van der Waals surface area contributed by atoms with Gasteiger partial charge >= 0.3 is 0 Å². The standard InChI is InChI=1S/C33H45N5O6/c1-9-24(28(40)33-38-27-19(5)12-13-20(6)29(27)44-33)36-30(41)21(7)34-32(43)26(17(2)3)37-31(42)25(35-22(8)39)16-23-14-10-18(4)11-15-23/h10-15,17,21,24-26,28,40H,9,16H2,1-8H3,(H,34,43)(H,35,39)(H,36,41)(H,37,42)/t21-,24+,25-,26+,28?/m0/s1. The van der Waals surface area contributed by atoms with Gasteiger partial charge in [0.15, 0.2) is 11.7 Å². The number of hydrogen-bond donors (Lipinski definition) is 5. The maximum atomic E-state index is 13.3. The Labute approximate surface area is 258 Å². The van der Waals surface area contributed by atoms with Crippen molar-refractivity contribution in [3.8, 4) is 0 Å². The van der Waals surface area contributed by atoms with Gasteiger partial charge in [0.1, 0.15) is 23.6 Å². The number of amides is 4. The number of hydrogen-bond acceptors (Lipinski definition) is 7. The number of carbonyl (C=O) groups is 4. The summed E-state index contributed by atoms with van der Waals surface area (Å²) in [7, 11) is 0. The van der Waals surface area contributed by atoms with Crippen LogP contribution in [-0.2, 0) is 25.6 Å². The lowest BCUT2D eigenvalue weighted by atomic mass is 10.00. The van der Waals surface area contributed by atoms with Crippen molar-refractivity contribution in [3.05, 3.63) is 64.5 Å². The molecule has 5 N–H and O–H groups in total. The van der Waals surface area contributed by atoms with Gasteiger partial charge in [-0.3, -0.25) is 19.2 Å². The van der Waals surface area contributed by atoms with Crippen molar-refractivity contribution in [1.29, 1.82) is 0 Å². The van der Waals surface area contributed by atoms with E-state index in [0.717, 1.165) is 22.3 Å². The predicted molar refractivity (Wildman–Crippen MR) is 168 cm³/mol. The van der Waals surface area contributed by atoms with Crippen molar-refractivity contribution in [2.45, 2.75) is 98.5 Å². The van der Waals surface area contributed by atoms with Crippen LogP contribution in [0.1, 0.15) is 75.3 Å². The lowest BCUT2D eigenvalue weighted by Crippen LogP contribution is -2.58. The number of aryl methyl sites for hydroxylation is 3. The monoisotopic (exact) mass is 607 g/mol. The van der Waals surface area contributed by atoms with Crippen LogP contribution in [0.5, 0.6) is 0 Å². The molecule has 5 atom stereocenters. The molecule has 3 rings (SSSR count). The number of carbonyl (C=O) groups excluding carboxylic acids is 4. The van der Waals surface area contributed by atoms with E-state index in [4.69, 9.17) is 4.42 Å². The third kappa shape index (κ3) is 8.66. The number of oxazole rings is 1. The first-order valence-corrected chi connectivity index (χ1v) is 15.0. The number of benzene rings is 2. The molecule has 4 amide bonds. The molecule has 0 saturated carbocycles. The van der Waals surface area contributed by atoms with Crippen LogP contribution in [0.4, 0.5) is 0 Å². The van der Waals surface area contributed by atoms with E-state index in [2.05, 4.69) is 26.3 Å². The first-order valence-electron chi connectivity index (χ1n) is 15.0. The Hall–Kier alpha value is -4.25. The Morgan fingerprint density at radius 3 is 2.05 bits per heavy atom. The lowest BCUT2D eigenvalue weighted by molar-refractivity contribution is -0.134. The zero-order chi connectivity index (χ0) is 32.7. The van der Waals surface area contributed by atoms with Crippen LogP contribution in [-0.4, -0.2) is 57.9 Å². The van der Waals surface area contributed by atoms with E-state index >= 15 is 0 Å². The molecule has 44 heavy (non-hydrogen) atoms. The summed E-state index contributed by atoms with van der Waals surface area (Å²) in [6.07, 6.45) is -0.586. The van der Waals surface area contributed by atoms with Crippen LogP contribution in [0.3, 0.4) is 0 Å². The van der Waals surface area contributed by atoms with Crippen molar-refractivity contribution in [3.63, 3.8) is 0 Å². The smallest absolute Gasteiger partial charge is 0.243 e. The number of aliphatic hydroxyl groups is 1. The fourth-order valence-corrected chi connectivity index (χ4v) is 4.86. The first-order chi connectivity index (χ1) is 20.7. The van der Waals surface area contributed by atoms with E-state index in [1.54, 1.807) is 13.8 Å². The van der Waals surface area contributed by atoms with Gasteiger partial charge < -0.3 is 30.8 Å². The Morgan fingerprint density at radius 1 is 0.841 bits per heavy atom. The third-order valence-corrected chi connectivity index (χ3v) is 7.61. The molecule has 0 aliphatic heterocycles. The van der Waals surface area contributed by atoms with Gasteiger partial charge in [0, 0.05) is 13.3 Å². The highest BCUT2D eigenvalue weighted by molar-refractivity contribution is 5.94. The third-order valence-electron chi connectivity index (χ3n) is 7.61. The van der Waals surface area contributed by atoms with E-state index < -0.39 is 48.0 Å². The molecule has 0 fully saturated rings. The number of fused-ring (bicyclic) bond motifs is 1. The highest BCUT2D eigenvalue weighted by Gasteiger charge is 2.32. The van der Waals surface area contributed by atoms with Crippen LogP contribution in [0.15, 0.2) is 40.8 Å². The minimum absolute atomic E-state index is 0.100. The van der Waals surface area contributed by atoms with Crippen LogP contribution in [0.25, 0.3) is 11.1 Å². The Morgan fingerprint density at radius 2 is 1.48 bits per heavy atom. The topological polar surface area (TPSA) is 163 Å². The molecule has 0 radical (unpaired) electrons. The molecule has 11 nitrogen and oxygen atoms in total. The predicted octanol–water partition coefficient (Wildman–Crippen LogP) is 3.07. The number of aliphatic hydroxyl groups excluding tert-OH is 1. The Kier molecular flexibility index (Phi) is 11.6. The van der Waals surface area contributed by atoms with Crippen LogP contribution in [0.2, 0.25) is 0 Å². The largest absolute Gasteiger partial charge is 0.437 e. The van der Waals surface area contributed by atoms with Gasteiger partial charge in [-0.05, 0) is 56.7 Å². The van der Waals surface area contributed by atoms with Crippen molar-refractivity contribution >= 4 is 34.7 Å². The maximum absolute atomic E-state index is 13.3. The van der Waals surface area contributed by atoms with Crippen molar-refractivity contribution in [2.24, 2.45) is 5.92 Å². The van der Waals surface area contributed by atoms with Crippen molar-refractivity contribution in [2.75, 3.05) is 0 Å². The Bertz CT molecular complexity index is 1440. The molecule has 2 aromatic carbocycles. The molecule has 0 saturated heterocycles. The van der Waals surface area contributed by atoms with Crippen molar-refractivity contribution in [1.82, 2.24) is 26.3 Å². The fourth-order valence-electron chi connectivity index (χ4n) is 4.86. The second-order valence-corrected chi connectivity index (χ2v) is 11.8. The molecular weight excluding hydrogens is 562 g/mol. The van der Waals surface area contributed by atoms with Gasteiger partial charge in [-0.15, -0.1) is 0 Å².